The summed E-state index contributed by atoms with van der Waals surface area (Å²) >= 11 is 0. The molecule has 0 spiro atoms. The summed E-state index contributed by atoms with van der Waals surface area (Å²) in [6.45, 7) is 3.31. The highest BCUT2D eigenvalue weighted by Crippen LogP contribution is 2.31. The molecule has 0 radical (unpaired) electrons. The van der Waals surface area contributed by atoms with Crippen LogP contribution in [-0.4, -0.2) is 41.6 Å². The van der Waals surface area contributed by atoms with Crippen LogP contribution >= 0.6 is 0 Å². The second-order valence-corrected chi connectivity index (χ2v) is 6.88. The van der Waals surface area contributed by atoms with Crippen LogP contribution < -0.4 is 0 Å². The summed E-state index contributed by atoms with van der Waals surface area (Å²) in [5.41, 5.74) is 4.98. The number of morpholine rings is 1. The third kappa shape index (κ3) is 2.87. The second kappa shape index (κ2) is 6.45. The topological polar surface area (TPSA) is 66.2 Å². The van der Waals surface area contributed by atoms with E-state index in [-0.39, 0.29) is 5.91 Å². The van der Waals surface area contributed by atoms with E-state index >= 15 is 0 Å². The number of nitrogens with zero attached hydrogens (tertiary/aromatic N) is 3. The first kappa shape index (κ1) is 16.0. The molecule has 25 heavy (non-hydrogen) atoms. The Balaban J connectivity index is 1.85. The van der Waals surface area contributed by atoms with Crippen LogP contribution in [0.1, 0.15) is 40.0 Å². The van der Waals surface area contributed by atoms with Gasteiger partial charge in [-0.05, 0) is 50.3 Å². The molecule has 1 fully saturated rings. The number of hydrogen-bond donors (Lipinski definition) is 0. The van der Waals surface area contributed by atoms with E-state index in [9.17, 15) is 4.79 Å². The molecule has 5 nitrogen and oxygen atoms in total. The lowest BCUT2D eigenvalue weighted by Gasteiger charge is -2.31. The van der Waals surface area contributed by atoms with Crippen LogP contribution in [0.2, 0.25) is 0 Å². The fourth-order valence-corrected chi connectivity index (χ4v) is 3.85. The predicted molar refractivity (Wildman–Crippen MR) is 94.4 cm³/mol. The van der Waals surface area contributed by atoms with Gasteiger partial charge in [-0.2, -0.15) is 5.26 Å². The van der Waals surface area contributed by atoms with Gasteiger partial charge in [-0.25, -0.2) is 0 Å². The molecule has 1 saturated heterocycles. The summed E-state index contributed by atoms with van der Waals surface area (Å²) in [7, 11) is 0. The Morgan fingerprint density at radius 2 is 2.20 bits per heavy atom. The Morgan fingerprint density at radius 1 is 1.36 bits per heavy atom. The number of rotatable bonds is 1. The molecule has 0 N–H and O–H groups in total. The number of nitriles is 1. The number of carbonyl (C=O) groups is 1. The molecule has 1 aromatic heterocycles. The van der Waals surface area contributed by atoms with Gasteiger partial charge in [0.05, 0.1) is 30.3 Å². The average Bonchev–Trinajstić information content (AvgIpc) is 2.65. The zero-order valence-electron chi connectivity index (χ0n) is 14.4. The van der Waals surface area contributed by atoms with Crippen LogP contribution in [0.4, 0.5) is 0 Å². The molecular weight excluding hydrogens is 314 g/mol. The van der Waals surface area contributed by atoms with E-state index in [1.165, 1.54) is 0 Å². The molecule has 2 aliphatic rings. The van der Waals surface area contributed by atoms with Crippen molar-refractivity contribution in [2.75, 3.05) is 19.7 Å². The van der Waals surface area contributed by atoms with Gasteiger partial charge in [0.15, 0.2) is 6.10 Å². The first-order chi connectivity index (χ1) is 12.2. The fourth-order valence-electron chi connectivity index (χ4n) is 3.85. The van der Waals surface area contributed by atoms with Crippen LogP contribution in [0.5, 0.6) is 0 Å². The molecule has 4 rings (SSSR count). The van der Waals surface area contributed by atoms with Crippen molar-refractivity contribution in [1.29, 1.82) is 5.26 Å². The Kier molecular flexibility index (Phi) is 4.14. The Hall–Kier alpha value is -2.45. The summed E-state index contributed by atoms with van der Waals surface area (Å²) in [5.74, 6) is 0.0136. The van der Waals surface area contributed by atoms with Crippen molar-refractivity contribution in [3.8, 4) is 6.07 Å². The quantitative estimate of drug-likeness (QED) is 0.804. The van der Waals surface area contributed by atoms with Gasteiger partial charge in [0.25, 0.3) is 5.91 Å². The largest absolute Gasteiger partial charge is 0.360 e. The minimum absolute atomic E-state index is 0.0136. The summed E-state index contributed by atoms with van der Waals surface area (Å²) in [6.07, 6.45) is 3.51. The van der Waals surface area contributed by atoms with Crippen molar-refractivity contribution < 1.29 is 9.53 Å². The number of ether oxygens (including phenoxy) is 1. The molecule has 0 saturated carbocycles. The predicted octanol–water partition coefficient (Wildman–Crippen LogP) is 2.79. The Morgan fingerprint density at radius 3 is 3.04 bits per heavy atom. The van der Waals surface area contributed by atoms with E-state index in [2.05, 4.69) is 12.1 Å². The van der Waals surface area contributed by atoms with E-state index in [1.807, 2.05) is 19.1 Å². The van der Waals surface area contributed by atoms with Crippen LogP contribution in [-0.2, 0) is 17.6 Å². The van der Waals surface area contributed by atoms with Gasteiger partial charge in [0.2, 0.25) is 0 Å². The maximum atomic E-state index is 13.4. The zero-order valence-corrected chi connectivity index (χ0v) is 14.4. The number of amides is 1. The lowest BCUT2D eigenvalue weighted by Crippen LogP contribution is -2.45. The Bertz CT molecular complexity index is 885. The number of benzene rings is 1. The van der Waals surface area contributed by atoms with Crippen molar-refractivity contribution in [3.63, 3.8) is 0 Å². The first-order valence-electron chi connectivity index (χ1n) is 8.90. The smallest absolute Gasteiger partial charge is 0.255 e. The number of aryl methyl sites for hydroxylation is 2. The van der Waals surface area contributed by atoms with Crippen LogP contribution in [0.15, 0.2) is 18.2 Å². The normalized spacial score (nSPS) is 20.2. The average molecular weight is 335 g/mol. The molecule has 1 atom stereocenters. The third-order valence-corrected chi connectivity index (χ3v) is 5.13. The molecule has 2 heterocycles. The fraction of sp³-hybridized carbons (Fsp3) is 0.450. The molecule has 1 amide bonds. The van der Waals surface area contributed by atoms with E-state index in [0.29, 0.717) is 19.7 Å². The molecule has 128 valence electrons. The van der Waals surface area contributed by atoms with Gasteiger partial charge in [-0.1, -0.05) is 11.6 Å². The number of carbonyl (C=O) groups excluding carboxylic acids is 1. The second-order valence-electron chi connectivity index (χ2n) is 6.88. The zero-order chi connectivity index (χ0) is 17.4. The molecule has 1 aliphatic carbocycles. The molecule has 2 aromatic rings. The van der Waals surface area contributed by atoms with Crippen molar-refractivity contribution in [2.45, 2.75) is 38.7 Å². The molecule has 1 aromatic carbocycles. The van der Waals surface area contributed by atoms with Gasteiger partial charge in [0.1, 0.15) is 0 Å². The summed E-state index contributed by atoms with van der Waals surface area (Å²) in [5, 5.41) is 10.1. The lowest BCUT2D eigenvalue weighted by atomic mass is 9.89. The molecule has 1 aliphatic heterocycles. The maximum absolute atomic E-state index is 13.4. The van der Waals surface area contributed by atoms with Gasteiger partial charge >= 0.3 is 0 Å². The monoisotopic (exact) mass is 335 g/mol. The lowest BCUT2D eigenvalue weighted by molar-refractivity contribution is 0.00349. The SMILES string of the molecule is Cc1ccc2nc3c(c(C(=O)N4CCOC(C#N)C4)c2c1)CCCC3. The minimum atomic E-state index is -0.539. The van der Waals surface area contributed by atoms with Crippen molar-refractivity contribution in [1.82, 2.24) is 9.88 Å². The third-order valence-electron chi connectivity index (χ3n) is 5.13. The van der Waals surface area contributed by atoms with Crippen LogP contribution in [0.25, 0.3) is 10.9 Å². The van der Waals surface area contributed by atoms with Crippen LogP contribution in [0.3, 0.4) is 0 Å². The van der Waals surface area contributed by atoms with Crippen molar-refractivity contribution in [3.05, 3.63) is 40.6 Å². The number of pyridine rings is 1. The molecule has 0 bridgehead atoms. The van der Waals surface area contributed by atoms with Gasteiger partial charge in [0, 0.05) is 17.6 Å². The van der Waals surface area contributed by atoms with E-state index < -0.39 is 6.10 Å². The highest BCUT2D eigenvalue weighted by atomic mass is 16.5. The van der Waals surface area contributed by atoms with Crippen LogP contribution in [0, 0.1) is 18.3 Å². The summed E-state index contributed by atoms with van der Waals surface area (Å²) < 4.78 is 5.40. The summed E-state index contributed by atoms with van der Waals surface area (Å²) in [4.78, 5) is 20.0. The first-order valence-corrected chi connectivity index (χ1v) is 8.90. The Labute approximate surface area is 147 Å². The number of fused-ring (bicyclic) bond motifs is 2. The van der Waals surface area contributed by atoms with E-state index in [0.717, 1.165) is 59.0 Å². The van der Waals surface area contributed by atoms with E-state index in [1.54, 1.807) is 4.90 Å². The standard InChI is InChI=1S/C20H21N3O2/c1-13-6-7-18-16(10-13)19(15-4-2-3-5-17(15)22-18)20(24)23-8-9-25-14(11-21)12-23/h6-7,10,14H,2-5,8-9,12H2,1H3. The molecule has 5 heteroatoms. The highest BCUT2D eigenvalue weighted by Gasteiger charge is 2.29. The van der Waals surface area contributed by atoms with Crippen molar-refractivity contribution >= 4 is 16.8 Å². The summed E-state index contributed by atoms with van der Waals surface area (Å²) in [6, 6.07) is 8.23. The maximum Gasteiger partial charge on any atom is 0.255 e. The van der Waals surface area contributed by atoms with Crippen molar-refractivity contribution in [2.24, 2.45) is 0 Å². The van der Waals surface area contributed by atoms with Gasteiger partial charge in [-0.3, -0.25) is 9.78 Å². The minimum Gasteiger partial charge on any atom is -0.360 e. The highest BCUT2D eigenvalue weighted by molar-refractivity contribution is 6.08. The molecule has 1 unspecified atom stereocenters. The van der Waals surface area contributed by atoms with Gasteiger partial charge < -0.3 is 9.64 Å². The molecular formula is C20H21N3O2. The van der Waals surface area contributed by atoms with Gasteiger partial charge in [-0.15, -0.1) is 0 Å². The van der Waals surface area contributed by atoms with E-state index in [4.69, 9.17) is 15.0 Å². The number of hydrogen-bond acceptors (Lipinski definition) is 4. The number of aromatic nitrogens is 1.